The van der Waals surface area contributed by atoms with E-state index in [1.165, 1.54) is 28.7 Å². The van der Waals surface area contributed by atoms with Gasteiger partial charge in [0.25, 0.3) is 5.56 Å². The van der Waals surface area contributed by atoms with E-state index in [0.717, 1.165) is 12.1 Å². The summed E-state index contributed by atoms with van der Waals surface area (Å²) >= 11 is 2.68. The molecule has 0 saturated heterocycles. The number of nitrogens with zero attached hydrogens (tertiary/aromatic N) is 2. The topological polar surface area (TPSA) is 64.0 Å². The highest BCUT2D eigenvalue weighted by atomic mass is 32.2. The van der Waals surface area contributed by atoms with Gasteiger partial charge in [0.05, 0.1) is 11.3 Å². The lowest BCUT2D eigenvalue weighted by Crippen LogP contribution is -2.22. The largest absolute Gasteiger partial charge is 0.325 e. The Morgan fingerprint density at radius 3 is 2.68 bits per heavy atom. The predicted molar refractivity (Wildman–Crippen MR) is 105 cm³/mol. The van der Waals surface area contributed by atoms with Crippen LogP contribution in [0, 0.1) is 0 Å². The van der Waals surface area contributed by atoms with Gasteiger partial charge >= 0.3 is 0 Å². The molecule has 0 bridgehead atoms. The van der Waals surface area contributed by atoms with Crippen molar-refractivity contribution in [3.05, 3.63) is 51.6 Å². The maximum absolute atomic E-state index is 12.5. The Morgan fingerprint density at radius 2 is 2.00 bits per heavy atom. The standard InChI is InChI=1S/C18H19N3O2S2/c1-3-12-5-7-13(8-6-12)19-15(22)11-25-18-20-14-9-10-24-16(14)17(23)21(18)4-2/h5-10H,3-4,11H2,1-2H3,(H,19,22). The van der Waals surface area contributed by atoms with Crippen LogP contribution in [0.15, 0.2) is 45.7 Å². The van der Waals surface area contributed by atoms with E-state index >= 15 is 0 Å². The minimum Gasteiger partial charge on any atom is -0.325 e. The van der Waals surface area contributed by atoms with Gasteiger partial charge in [-0.1, -0.05) is 30.8 Å². The number of aryl methyl sites for hydroxylation is 1. The van der Waals surface area contributed by atoms with Crippen molar-refractivity contribution in [1.82, 2.24) is 9.55 Å². The Hall–Kier alpha value is -2.12. The Bertz CT molecular complexity index is 945. The molecule has 0 aliphatic heterocycles. The lowest BCUT2D eigenvalue weighted by molar-refractivity contribution is -0.113. The molecule has 3 aromatic rings. The Balaban J connectivity index is 1.71. The number of thiophene rings is 1. The Kier molecular flexibility index (Phi) is 5.55. The molecule has 0 aliphatic rings. The maximum atomic E-state index is 12.5. The first-order chi connectivity index (χ1) is 12.1. The van der Waals surface area contributed by atoms with Crippen molar-refractivity contribution in [3.63, 3.8) is 0 Å². The number of hydrogen-bond acceptors (Lipinski definition) is 5. The normalized spacial score (nSPS) is 11.0. The van der Waals surface area contributed by atoms with Gasteiger partial charge in [0.15, 0.2) is 5.16 Å². The van der Waals surface area contributed by atoms with Gasteiger partial charge in [0.1, 0.15) is 4.70 Å². The summed E-state index contributed by atoms with van der Waals surface area (Å²) in [7, 11) is 0. The van der Waals surface area contributed by atoms with Gasteiger partial charge in [-0.3, -0.25) is 14.2 Å². The molecular formula is C18H19N3O2S2. The second-order valence-electron chi connectivity index (χ2n) is 5.47. The van der Waals surface area contributed by atoms with E-state index in [1.54, 1.807) is 4.57 Å². The minimum absolute atomic E-state index is 0.0411. The Labute approximate surface area is 154 Å². The summed E-state index contributed by atoms with van der Waals surface area (Å²) in [6.45, 7) is 4.53. The zero-order valence-corrected chi connectivity index (χ0v) is 15.7. The molecule has 1 aromatic carbocycles. The summed E-state index contributed by atoms with van der Waals surface area (Å²) in [6, 6.07) is 9.64. The number of anilines is 1. The van der Waals surface area contributed by atoms with Gasteiger partial charge < -0.3 is 5.32 Å². The minimum atomic E-state index is -0.114. The lowest BCUT2D eigenvalue weighted by Gasteiger charge is -2.10. The van der Waals surface area contributed by atoms with Gasteiger partial charge in [-0.05, 0) is 42.5 Å². The molecule has 1 amide bonds. The summed E-state index contributed by atoms with van der Waals surface area (Å²) in [6.07, 6.45) is 0.968. The molecule has 3 rings (SSSR count). The van der Waals surface area contributed by atoms with Crippen molar-refractivity contribution in [2.75, 3.05) is 11.1 Å². The number of aromatic nitrogens is 2. The van der Waals surface area contributed by atoms with Crippen molar-refractivity contribution in [1.29, 1.82) is 0 Å². The van der Waals surface area contributed by atoms with Crippen LogP contribution in [0.25, 0.3) is 10.2 Å². The quantitative estimate of drug-likeness (QED) is 0.528. The van der Waals surface area contributed by atoms with Crippen LogP contribution in [0.3, 0.4) is 0 Å². The average molecular weight is 374 g/mol. The van der Waals surface area contributed by atoms with E-state index < -0.39 is 0 Å². The average Bonchev–Trinajstić information content (AvgIpc) is 3.09. The zero-order valence-electron chi connectivity index (χ0n) is 14.1. The second-order valence-corrected chi connectivity index (χ2v) is 7.32. The third-order valence-corrected chi connectivity index (χ3v) is 5.69. The van der Waals surface area contributed by atoms with Crippen molar-refractivity contribution >= 4 is 44.9 Å². The van der Waals surface area contributed by atoms with Crippen LogP contribution in [-0.2, 0) is 17.8 Å². The molecular weight excluding hydrogens is 354 g/mol. The molecule has 0 spiro atoms. The van der Waals surface area contributed by atoms with Crippen LogP contribution in [-0.4, -0.2) is 21.2 Å². The van der Waals surface area contributed by atoms with E-state index in [9.17, 15) is 9.59 Å². The SMILES string of the molecule is CCc1ccc(NC(=O)CSc2nc3ccsc3c(=O)n2CC)cc1. The predicted octanol–water partition coefficient (Wildman–Crippen LogP) is 3.77. The molecule has 1 N–H and O–H groups in total. The third kappa shape index (κ3) is 3.93. The number of amides is 1. The molecule has 7 heteroatoms. The van der Waals surface area contributed by atoms with Crippen molar-refractivity contribution < 1.29 is 4.79 Å². The first-order valence-corrected chi connectivity index (χ1v) is 9.98. The van der Waals surface area contributed by atoms with Crippen molar-refractivity contribution in [2.24, 2.45) is 0 Å². The first-order valence-electron chi connectivity index (χ1n) is 8.12. The van der Waals surface area contributed by atoms with E-state index in [2.05, 4.69) is 17.2 Å². The summed E-state index contributed by atoms with van der Waals surface area (Å²) < 4.78 is 2.28. The number of rotatable bonds is 6. The van der Waals surface area contributed by atoms with Gasteiger partial charge in [-0.15, -0.1) is 11.3 Å². The Morgan fingerprint density at radius 1 is 1.24 bits per heavy atom. The van der Waals surface area contributed by atoms with Gasteiger partial charge in [-0.2, -0.15) is 0 Å². The summed E-state index contributed by atoms with van der Waals surface area (Å²) in [4.78, 5) is 29.2. The molecule has 25 heavy (non-hydrogen) atoms. The van der Waals surface area contributed by atoms with Crippen LogP contribution in [0.5, 0.6) is 0 Å². The molecule has 130 valence electrons. The fraction of sp³-hybridized carbons (Fsp3) is 0.278. The number of carbonyl (C=O) groups is 1. The number of hydrogen-bond donors (Lipinski definition) is 1. The van der Waals surface area contributed by atoms with E-state index in [1.807, 2.05) is 42.6 Å². The maximum Gasteiger partial charge on any atom is 0.272 e. The zero-order chi connectivity index (χ0) is 17.8. The molecule has 2 heterocycles. The molecule has 2 aromatic heterocycles. The van der Waals surface area contributed by atoms with Crippen LogP contribution in [0.1, 0.15) is 19.4 Å². The molecule has 0 aliphatic carbocycles. The van der Waals surface area contributed by atoms with E-state index in [4.69, 9.17) is 0 Å². The van der Waals surface area contributed by atoms with Crippen molar-refractivity contribution in [3.8, 4) is 0 Å². The highest BCUT2D eigenvalue weighted by Crippen LogP contribution is 2.21. The smallest absolute Gasteiger partial charge is 0.272 e. The molecule has 5 nitrogen and oxygen atoms in total. The molecule has 0 fully saturated rings. The molecule has 0 radical (unpaired) electrons. The molecule has 0 atom stereocenters. The first kappa shape index (κ1) is 17.7. The number of nitrogens with one attached hydrogen (secondary N) is 1. The highest BCUT2D eigenvalue weighted by molar-refractivity contribution is 7.99. The van der Waals surface area contributed by atoms with Crippen LogP contribution >= 0.6 is 23.1 Å². The summed E-state index contributed by atoms with van der Waals surface area (Å²) in [5.74, 6) is 0.0917. The number of thioether (sulfide) groups is 1. The monoisotopic (exact) mass is 373 g/mol. The van der Waals surface area contributed by atoms with E-state index in [0.29, 0.717) is 21.9 Å². The lowest BCUT2D eigenvalue weighted by atomic mass is 10.1. The van der Waals surface area contributed by atoms with Gasteiger partial charge in [0.2, 0.25) is 5.91 Å². The second kappa shape index (κ2) is 7.84. The fourth-order valence-corrected chi connectivity index (χ4v) is 4.11. The molecule has 0 unspecified atom stereocenters. The van der Waals surface area contributed by atoms with Crippen LogP contribution < -0.4 is 10.9 Å². The van der Waals surface area contributed by atoms with Crippen molar-refractivity contribution in [2.45, 2.75) is 32.0 Å². The van der Waals surface area contributed by atoms with Gasteiger partial charge in [-0.25, -0.2) is 4.98 Å². The fourth-order valence-electron chi connectivity index (χ4n) is 2.46. The van der Waals surface area contributed by atoms with Crippen LogP contribution in [0.2, 0.25) is 0 Å². The molecule has 0 saturated carbocycles. The number of carbonyl (C=O) groups excluding carboxylic acids is 1. The summed E-state index contributed by atoms with van der Waals surface area (Å²) in [5, 5.41) is 5.31. The highest BCUT2D eigenvalue weighted by Gasteiger charge is 2.13. The van der Waals surface area contributed by atoms with Crippen LogP contribution in [0.4, 0.5) is 5.69 Å². The number of benzene rings is 1. The number of fused-ring (bicyclic) bond motifs is 1. The van der Waals surface area contributed by atoms with Gasteiger partial charge in [0, 0.05) is 12.2 Å². The van der Waals surface area contributed by atoms with E-state index in [-0.39, 0.29) is 17.2 Å². The summed E-state index contributed by atoms with van der Waals surface area (Å²) in [5.41, 5.74) is 2.66. The third-order valence-electron chi connectivity index (χ3n) is 3.83.